The first-order valence-corrected chi connectivity index (χ1v) is 6.46. The lowest BCUT2D eigenvalue weighted by atomic mass is 9.65. The fourth-order valence-corrected chi connectivity index (χ4v) is 3.64. The van der Waals surface area contributed by atoms with Crippen molar-refractivity contribution in [3.05, 3.63) is 0 Å². The molecule has 2 heteroatoms. The molecule has 1 aliphatic heterocycles. The monoisotopic (exact) mass is 209 g/mol. The van der Waals surface area contributed by atoms with Crippen LogP contribution < -0.4 is 5.32 Å². The molecule has 2 aliphatic rings. The van der Waals surface area contributed by atoms with Crippen molar-refractivity contribution in [1.29, 1.82) is 0 Å². The fraction of sp³-hybridized carbons (Fsp3) is 0.923. The Balaban J connectivity index is 2.12. The third kappa shape index (κ3) is 1.91. The summed E-state index contributed by atoms with van der Waals surface area (Å²) >= 11 is 0. The van der Waals surface area contributed by atoms with Crippen molar-refractivity contribution in [2.45, 2.75) is 64.8 Å². The first-order valence-electron chi connectivity index (χ1n) is 6.46. The predicted molar refractivity (Wildman–Crippen MR) is 61.5 cm³/mol. The number of carbonyl (C=O) groups excluding carboxylic acids is 1. The zero-order valence-electron chi connectivity index (χ0n) is 10.0. The van der Waals surface area contributed by atoms with Gasteiger partial charge in [0.25, 0.3) is 0 Å². The summed E-state index contributed by atoms with van der Waals surface area (Å²) in [6, 6.07) is 0.424. The Morgan fingerprint density at radius 1 is 1.33 bits per heavy atom. The Bertz CT molecular complexity index is 245. The van der Waals surface area contributed by atoms with Gasteiger partial charge in [-0.1, -0.05) is 33.1 Å². The summed E-state index contributed by atoms with van der Waals surface area (Å²) in [5.74, 6) is 1.05. The van der Waals surface area contributed by atoms with Crippen molar-refractivity contribution in [3.63, 3.8) is 0 Å². The van der Waals surface area contributed by atoms with E-state index in [1.165, 1.54) is 32.1 Å². The lowest BCUT2D eigenvalue weighted by Crippen LogP contribution is -2.40. The summed E-state index contributed by atoms with van der Waals surface area (Å²) in [4.78, 5) is 11.6. The smallest absolute Gasteiger partial charge is 0.220 e. The molecule has 2 nitrogen and oxygen atoms in total. The van der Waals surface area contributed by atoms with Gasteiger partial charge in [0.2, 0.25) is 5.91 Å². The van der Waals surface area contributed by atoms with Crippen LogP contribution in [0.15, 0.2) is 0 Å². The lowest BCUT2D eigenvalue weighted by Gasteiger charge is -2.40. The molecule has 1 saturated carbocycles. The molecule has 1 amide bonds. The van der Waals surface area contributed by atoms with E-state index in [0.717, 1.165) is 18.8 Å². The van der Waals surface area contributed by atoms with E-state index in [1.807, 2.05) is 0 Å². The molecule has 2 rings (SSSR count). The number of nitrogens with one attached hydrogen (secondary N) is 1. The Labute approximate surface area is 92.8 Å². The summed E-state index contributed by atoms with van der Waals surface area (Å²) in [5.41, 5.74) is 0.242. The van der Waals surface area contributed by atoms with Gasteiger partial charge in [-0.3, -0.25) is 4.79 Å². The normalized spacial score (nSPS) is 38.0. The molecule has 0 radical (unpaired) electrons. The quantitative estimate of drug-likeness (QED) is 0.744. The summed E-state index contributed by atoms with van der Waals surface area (Å²) in [6.07, 6.45) is 8.64. The van der Waals surface area contributed by atoms with Crippen LogP contribution in [-0.2, 0) is 4.79 Å². The maximum atomic E-state index is 11.6. The second-order valence-electron chi connectivity index (χ2n) is 5.55. The third-order valence-corrected chi connectivity index (χ3v) is 4.62. The van der Waals surface area contributed by atoms with Crippen LogP contribution in [0.4, 0.5) is 0 Å². The van der Waals surface area contributed by atoms with Crippen molar-refractivity contribution < 1.29 is 4.79 Å². The SMILES string of the molecule is CCC1NC(=O)CC1(C)C1CCCCC1. The van der Waals surface area contributed by atoms with Gasteiger partial charge in [0.15, 0.2) is 0 Å². The van der Waals surface area contributed by atoms with Gasteiger partial charge < -0.3 is 5.32 Å². The van der Waals surface area contributed by atoms with E-state index in [2.05, 4.69) is 19.2 Å². The van der Waals surface area contributed by atoms with E-state index in [-0.39, 0.29) is 11.3 Å². The van der Waals surface area contributed by atoms with E-state index >= 15 is 0 Å². The largest absolute Gasteiger partial charge is 0.353 e. The average Bonchev–Trinajstić information content (AvgIpc) is 2.56. The number of amides is 1. The molecule has 0 aromatic rings. The molecule has 0 bridgehead atoms. The molecule has 2 unspecified atom stereocenters. The minimum atomic E-state index is 0.242. The van der Waals surface area contributed by atoms with Gasteiger partial charge in [-0.25, -0.2) is 0 Å². The van der Waals surface area contributed by atoms with E-state index in [1.54, 1.807) is 0 Å². The van der Waals surface area contributed by atoms with Crippen molar-refractivity contribution >= 4 is 5.91 Å². The van der Waals surface area contributed by atoms with Gasteiger partial charge in [0, 0.05) is 12.5 Å². The second kappa shape index (κ2) is 4.15. The zero-order valence-corrected chi connectivity index (χ0v) is 10.0. The third-order valence-electron chi connectivity index (χ3n) is 4.62. The number of hydrogen-bond donors (Lipinski definition) is 1. The molecule has 2 atom stereocenters. The molecular weight excluding hydrogens is 186 g/mol. The molecule has 15 heavy (non-hydrogen) atoms. The molecule has 1 heterocycles. The molecule has 1 N–H and O–H groups in total. The van der Waals surface area contributed by atoms with Gasteiger partial charge in [-0.05, 0) is 30.6 Å². The van der Waals surface area contributed by atoms with Crippen LogP contribution in [-0.4, -0.2) is 11.9 Å². The average molecular weight is 209 g/mol. The molecule has 2 fully saturated rings. The van der Waals surface area contributed by atoms with Gasteiger partial charge in [0.05, 0.1) is 0 Å². The Morgan fingerprint density at radius 3 is 2.60 bits per heavy atom. The molecule has 1 aliphatic carbocycles. The lowest BCUT2D eigenvalue weighted by molar-refractivity contribution is -0.120. The highest BCUT2D eigenvalue weighted by Crippen LogP contribution is 2.46. The Hall–Kier alpha value is -0.530. The van der Waals surface area contributed by atoms with Crippen LogP contribution in [0.3, 0.4) is 0 Å². The highest BCUT2D eigenvalue weighted by Gasteiger charge is 2.47. The van der Waals surface area contributed by atoms with E-state index < -0.39 is 0 Å². The first kappa shape index (κ1) is 11.0. The Morgan fingerprint density at radius 2 is 2.00 bits per heavy atom. The standard InChI is InChI=1S/C13H23NO/c1-3-11-13(2,9-12(15)14-11)10-7-5-4-6-8-10/h10-11H,3-9H2,1-2H3,(H,14,15). The van der Waals surface area contributed by atoms with E-state index in [0.29, 0.717) is 6.04 Å². The Kier molecular flexibility index (Phi) is 3.03. The summed E-state index contributed by atoms with van der Waals surface area (Å²) in [6.45, 7) is 4.52. The predicted octanol–water partition coefficient (Wildman–Crippen LogP) is 2.87. The van der Waals surface area contributed by atoms with Crippen molar-refractivity contribution in [1.82, 2.24) is 5.32 Å². The highest BCUT2D eigenvalue weighted by molar-refractivity contribution is 5.80. The van der Waals surface area contributed by atoms with Gasteiger partial charge >= 0.3 is 0 Å². The highest BCUT2D eigenvalue weighted by atomic mass is 16.2. The molecule has 0 aromatic carbocycles. The molecule has 1 saturated heterocycles. The molecule has 86 valence electrons. The van der Waals surface area contributed by atoms with Crippen molar-refractivity contribution in [2.75, 3.05) is 0 Å². The van der Waals surface area contributed by atoms with Crippen LogP contribution in [0, 0.1) is 11.3 Å². The van der Waals surface area contributed by atoms with Crippen LogP contribution >= 0.6 is 0 Å². The molecule has 0 spiro atoms. The van der Waals surface area contributed by atoms with E-state index in [4.69, 9.17) is 0 Å². The number of carbonyl (C=O) groups is 1. The van der Waals surface area contributed by atoms with Crippen LogP contribution in [0.5, 0.6) is 0 Å². The van der Waals surface area contributed by atoms with Crippen molar-refractivity contribution in [3.8, 4) is 0 Å². The van der Waals surface area contributed by atoms with Crippen LogP contribution in [0.25, 0.3) is 0 Å². The van der Waals surface area contributed by atoms with Gasteiger partial charge in [-0.2, -0.15) is 0 Å². The maximum Gasteiger partial charge on any atom is 0.220 e. The van der Waals surface area contributed by atoms with Crippen LogP contribution in [0.2, 0.25) is 0 Å². The zero-order chi connectivity index (χ0) is 10.9. The van der Waals surface area contributed by atoms with Gasteiger partial charge in [-0.15, -0.1) is 0 Å². The minimum absolute atomic E-state index is 0.242. The van der Waals surface area contributed by atoms with E-state index in [9.17, 15) is 4.79 Å². The second-order valence-corrected chi connectivity index (χ2v) is 5.55. The first-order chi connectivity index (χ1) is 7.16. The molecular formula is C13H23NO. The topological polar surface area (TPSA) is 29.1 Å². The maximum absolute atomic E-state index is 11.6. The number of hydrogen-bond acceptors (Lipinski definition) is 1. The fourth-order valence-electron chi connectivity index (χ4n) is 3.64. The summed E-state index contributed by atoms with van der Waals surface area (Å²) in [5, 5.41) is 3.15. The minimum Gasteiger partial charge on any atom is -0.353 e. The summed E-state index contributed by atoms with van der Waals surface area (Å²) < 4.78 is 0. The summed E-state index contributed by atoms with van der Waals surface area (Å²) in [7, 11) is 0. The van der Waals surface area contributed by atoms with Crippen molar-refractivity contribution in [2.24, 2.45) is 11.3 Å². The van der Waals surface area contributed by atoms with Crippen LogP contribution in [0.1, 0.15) is 58.8 Å². The molecule has 0 aromatic heterocycles. The van der Waals surface area contributed by atoms with Gasteiger partial charge in [0.1, 0.15) is 0 Å². The number of rotatable bonds is 2.